The average molecular weight is 231 g/mol. The first-order valence-corrected chi connectivity index (χ1v) is 5.42. The van der Waals surface area contributed by atoms with Crippen LogP contribution < -0.4 is 0 Å². The lowest BCUT2D eigenvalue weighted by Gasteiger charge is -2.25. The molecule has 0 aromatic carbocycles. The Morgan fingerprint density at radius 3 is 3.07 bits per heavy atom. The molecule has 0 spiro atoms. The number of carboxylic acids is 1. The van der Waals surface area contributed by atoms with Crippen molar-refractivity contribution in [3.8, 4) is 0 Å². The second-order valence-electron chi connectivity index (χ2n) is 3.05. The maximum Gasteiger partial charge on any atom is 0.323 e. The number of carbonyl (C=O) groups excluding carboxylic acids is 1. The minimum absolute atomic E-state index is 0.165. The van der Waals surface area contributed by atoms with Gasteiger partial charge in [-0.2, -0.15) is 0 Å². The standard InChI is InChI=1S/C9H13NO4S/c1-14-4-2-7-9(13)10(3-5-15-7)6-8(11)12/h3,5,7H,2,4,6H2,1H3,(H,11,12). The minimum atomic E-state index is -1.01. The summed E-state index contributed by atoms with van der Waals surface area (Å²) < 4.78 is 4.88. The summed E-state index contributed by atoms with van der Waals surface area (Å²) in [4.78, 5) is 23.4. The summed E-state index contributed by atoms with van der Waals surface area (Å²) in [6, 6.07) is 0. The Kier molecular flexibility index (Phi) is 4.64. The van der Waals surface area contributed by atoms with Crippen LogP contribution in [0.4, 0.5) is 0 Å². The second-order valence-corrected chi connectivity index (χ2v) is 4.16. The third-order valence-electron chi connectivity index (χ3n) is 1.93. The molecule has 1 heterocycles. The zero-order valence-electron chi connectivity index (χ0n) is 8.38. The number of ether oxygens (including phenoxy) is 1. The summed E-state index contributed by atoms with van der Waals surface area (Å²) in [7, 11) is 1.57. The molecule has 0 fully saturated rings. The molecule has 0 bridgehead atoms. The van der Waals surface area contributed by atoms with Crippen LogP contribution in [0.1, 0.15) is 6.42 Å². The molecule has 0 saturated heterocycles. The molecule has 1 amide bonds. The van der Waals surface area contributed by atoms with Crippen molar-refractivity contribution in [1.82, 2.24) is 4.90 Å². The lowest BCUT2D eigenvalue weighted by molar-refractivity contribution is -0.142. The van der Waals surface area contributed by atoms with Crippen LogP contribution >= 0.6 is 11.8 Å². The number of aliphatic carboxylic acids is 1. The van der Waals surface area contributed by atoms with E-state index in [9.17, 15) is 9.59 Å². The fourth-order valence-electron chi connectivity index (χ4n) is 1.21. The van der Waals surface area contributed by atoms with Crippen LogP contribution in [0.5, 0.6) is 0 Å². The van der Waals surface area contributed by atoms with Gasteiger partial charge in [0.05, 0.1) is 5.25 Å². The Bertz CT molecular complexity index is 279. The number of amides is 1. The van der Waals surface area contributed by atoms with Gasteiger partial charge in [-0.05, 0) is 11.8 Å². The molecule has 1 unspecified atom stereocenters. The summed E-state index contributed by atoms with van der Waals surface area (Å²) in [5.74, 6) is -1.17. The predicted octanol–water partition coefficient (Wildman–Crippen LogP) is 0.523. The highest BCUT2D eigenvalue weighted by atomic mass is 32.2. The maximum absolute atomic E-state index is 11.7. The van der Waals surface area contributed by atoms with E-state index in [4.69, 9.17) is 9.84 Å². The molecule has 0 aliphatic carbocycles. The largest absolute Gasteiger partial charge is 0.480 e. The van der Waals surface area contributed by atoms with Crippen molar-refractivity contribution in [2.75, 3.05) is 20.3 Å². The molecule has 1 atom stereocenters. The zero-order valence-corrected chi connectivity index (χ0v) is 9.20. The monoisotopic (exact) mass is 231 g/mol. The third kappa shape index (κ3) is 3.56. The number of methoxy groups -OCH3 is 1. The quantitative estimate of drug-likeness (QED) is 0.747. The minimum Gasteiger partial charge on any atom is -0.480 e. The first kappa shape index (κ1) is 12.1. The van der Waals surface area contributed by atoms with Crippen LogP contribution in [0.15, 0.2) is 11.6 Å². The molecule has 1 aliphatic rings. The van der Waals surface area contributed by atoms with Gasteiger partial charge in [-0.3, -0.25) is 9.59 Å². The van der Waals surface area contributed by atoms with E-state index in [2.05, 4.69) is 0 Å². The van der Waals surface area contributed by atoms with Gasteiger partial charge in [-0.1, -0.05) is 0 Å². The Morgan fingerprint density at radius 2 is 2.47 bits per heavy atom. The van der Waals surface area contributed by atoms with Crippen LogP contribution in [0.3, 0.4) is 0 Å². The number of nitrogens with zero attached hydrogens (tertiary/aromatic N) is 1. The Hall–Kier alpha value is -1.01. The Balaban J connectivity index is 2.54. The highest BCUT2D eigenvalue weighted by Gasteiger charge is 2.27. The molecule has 15 heavy (non-hydrogen) atoms. The van der Waals surface area contributed by atoms with Gasteiger partial charge in [-0.15, -0.1) is 11.8 Å². The molecule has 84 valence electrons. The summed E-state index contributed by atoms with van der Waals surface area (Å²) in [6.07, 6.45) is 2.10. The molecule has 1 rings (SSSR count). The molecule has 0 radical (unpaired) electrons. The van der Waals surface area contributed by atoms with Crippen LogP contribution in [0.25, 0.3) is 0 Å². The highest BCUT2D eigenvalue weighted by molar-refractivity contribution is 8.03. The lowest BCUT2D eigenvalue weighted by Crippen LogP contribution is -2.39. The van der Waals surface area contributed by atoms with Gasteiger partial charge in [0, 0.05) is 19.9 Å². The number of hydrogen-bond acceptors (Lipinski definition) is 4. The molecule has 1 aliphatic heterocycles. The summed E-state index contributed by atoms with van der Waals surface area (Å²) in [5.41, 5.74) is 0. The molecule has 5 nitrogen and oxygen atoms in total. The smallest absolute Gasteiger partial charge is 0.323 e. The van der Waals surface area contributed by atoms with Crippen molar-refractivity contribution in [3.05, 3.63) is 11.6 Å². The SMILES string of the molecule is COCCC1SC=CN(CC(=O)O)C1=O. The first-order chi connectivity index (χ1) is 7.15. The van der Waals surface area contributed by atoms with Crippen molar-refractivity contribution in [3.63, 3.8) is 0 Å². The number of carbonyl (C=O) groups is 2. The van der Waals surface area contributed by atoms with E-state index in [1.165, 1.54) is 22.9 Å². The van der Waals surface area contributed by atoms with Crippen molar-refractivity contribution < 1.29 is 19.4 Å². The van der Waals surface area contributed by atoms with Crippen molar-refractivity contribution in [2.45, 2.75) is 11.7 Å². The maximum atomic E-state index is 11.7. The topological polar surface area (TPSA) is 66.8 Å². The molecule has 1 N–H and O–H groups in total. The van der Waals surface area contributed by atoms with Gasteiger partial charge in [0.1, 0.15) is 6.54 Å². The molecular formula is C9H13NO4S. The number of rotatable bonds is 5. The molecular weight excluding hydrogens is 218 g/mol. The number of thioether (sulfide) groups is 1. The summed E-state index contributed by atoms with van der Waals surface area (Å²) >= 11 is 1.40. The molecule has 0 saturated carbocycles. The van der Waals surface area contributed by atoms with E-state index in [0.29, 0.717) is 13.0 Å². The van der Waals surface area contributed by atoms with Crippen LogP contribution in [-0.2, 0) is 14.3 Å². The van der Waals surface area contributed by atoms with Crippen LogP contribution in [0, 0.1) is 0 Å². The second kappa shape index (κ2) is 5.77. The first-order valence-electron chi connectivity index (χ1n) is 4.48. The van der Waals surface area contributed by atoms with Crippen LogP contribution in [0.2, 0.25) is 0 Å². The number of carboxylic acid groups (broad SMARTS) is 1. The fraction of sp³-hybridized carbons (Fsp3) is 0.556. The third-order valence-corrected chi connectivity index (χ3v) is 2.98. The molecule has 0 aromatic heterocycles. The predicted molar refractivity (Wildman–Crippen MR) is 56.4 cm³/mol. The number of hydrogen-bond donors (Lipinski definition) is 1. The fourth-order valence-corrected chi connectivity index (χ4v) is 2.10. The molecule has 6 heteroatoms. The summed E-state index contributed by atoms with van der Waals surface area (Å²) in [5, 5.41) is 10.1. The van der Waals surface area contributed by atoms with E-state index >= 15 is 0 Å². The van der Waals surface area contributed by atoms with Gasteiger partial charge >= 0.3 is 5.97 Å². The van der Waals surface area contributed by atoms with Gasteiger partial charge < -0.3 is 14.7 Å². The summed E-state index contributed by atoms with van der Waals surface area (Å²) in [6.45, 7) is 0.220. The van der Waals surface area contributed by atoms with Crippen LogP contribution in [-0.4, -0.2) is 47.4 Å². The van der Waals surface area contributed by atoms with E-state index in [1.807, 2.05) is 0 Å². The van der Waals surface area contributed by atoms with E-state index < -0.39 is 5.97 Å². The van der Waals surface area contributed by atoms with E-state index in [0.717, 1.165) is 0 Å². The van der Waals surface area contributed by atoms with Crippen molar-refractivity contribution >= 4 is 23.6 Å². The van der Waals surface area contributed by atoms with Gasteiger partial charge in [0.2, 0.25) is 5.91 Å². The van der Waals surface area contributed by atoms with Gasteiger partial charge in [0.15, 0.2) is 0 Å². The van der Waals surface area contributed by atoms with Crippen molar-refractivity contribution in [1.29, 1.82) is 0 Å². The normalized spacial score (nSPS) is 20.7. The zero-order chi connectivity index (χ0) is 11.3. The van der Waals surface area contributed by atoms with E-state index in [1.54, 1.807) is 12.5 Å². The lowest BCUT2D eigenvalue weighted by atomic mass is 10.2. The van der Waals surface area contributed by atoms with Gasteiger partial charge in [0.25, 0.3) is 0 Å². The van der Waals surface area contributed by atoms with Crippen molar-refractivity contribution in [2.24, 2.45) is 0 Å². The Morgan fingerprint density at radius 1 is 1.73 bits per heavy atom. The Labute approximate surface area is 92.1 Å². The van der Waals surface area contributed by atoms with Gasteiger partial charge in [-0.25, -0.2) is 0 Å². The van der Waals surface area contributed by atoms with E-state index in [-0.39, 0.29) is 17.7 Å². The highest BCUT2D eigenvalue weighted by Crippen LogP contribution is 2.23. The average Bonchev–Trinajstić information content (AvgIpc) is 2.19. The molecule has 0 aromatic rings.